The molecule has 10 heteroatoms. The highest BCUT2D eigenvalue weighted by Gasteiger charge is 2.44. The summed E-state index contributed by atoms with van der Waals surface area (Å²) in [5.74, 6) is 0.266. The molecule has 1 saturated heterocycles. The SMILES string of the molecule is CCC(CC)(C(=O)OCCCF)N(C=O)c1ccc(N2CC(F)C2)c(OC[C@H]2C[C@@H]2CO)n1. The molecule has 1 saturated carbocycles. The normalized spacial score (nSPS) is 20.2. The number of pyridine rings is 1. The lowest BCUT2D eigenvalue weighted by atomic mass is 9.90. The van der Waals surface area contributed by atoms with Gasteiger partial charge >= 0.3 is 5.97 Å². The van der Waals surface area contributed by atoms with E-state index in [1.165, 1.54) is 4.90 Å². The van der Waals surface area contributed by atoms with Crippen LogP contribution in [-0.4, -0.2) is 73.8 Å². The van der Waals surface area contributed by atoms with Gasteiger partial charge in [-0.05, 0) is 43.2 Å². The molecule has 2 heterocycles. The molecular formula is C23H33F2N3O5. The number of hydrogen-bond acceptors (Lipinski definition) is 7. The highest BCUT2D eigenvalue weighted by atomic mass is 19.1. The second-order valence-corrected chi connectivity index (χ2v) is 8.64. The minimum absolute atomic E-state index is 0.0721. The molecule has 1 aromatic rings. The Balaban J connectivity index is 1.88. The minimum Gasteiger partial charge on any atom is -0.476 e. The van der Waals surface area contributed by atoms with Gasteiger partial charge in [-0.2, -0.15) is 4.98 Å². The molecule has 0 unspecified atom stereocenters. The van der Waals surface area contributed by atoms with E-state index in [1.54, 1.807) is 30.9 Å². The van der Waals surface area contributed by atoms with Crippen LogP contribution in [0.25, 0.3) is 0 Å². The fourth-order valence-corrected chi connectivity index (χ4v) is 4.16. The van der Waals surface area contributed by atoms with Gasteiger partial charge in [0.1, 0.15) is 23.2 Å². The molecule has 3 rings (SSSR count). The first-order valence-corrected chi connectivity index (χ1v) is 11.6. The zero-order valence-electron chi connectivity index (χ0n) is 19.2. The van der Waals surface area contributed by atoms with Crippen LogP contribution in [0.1, 0.15) is 39.5 Å². The van der Waals surface area contributed by atoms with E-state index in [2.05, 4.69) is 4.98 Å². The smallest absolute Gasteiger partial charge is 0.332 e. The van der Waals surface area contributed by atoms with E-state index in [9.17, 15) is 23.5 Å². The number of esters is 1. The van der Waals surface area contributed by atoms with Gasteiger partial charge in [0, 0.05) is 13.0 Å². The van der Waals surface area contributed by atoms with Crippen LogP contribution in [0.2, 0.25) is 0 Å². The second-order valence-electron chi connectivity index (χ2n) is 8.64. The predicted molar refractivity (Wildman–Crippen MR) is 119 cm³/mol. The summed E-state index contributed by atoms with van der Waals surface area (Å²) in [6.07, 6.45) is 1.11. The average Bonchev–Trinajstić information content (AvgIpc) is 3.58. The summed E-state index contributed by atoms with van der Waals surface area (Å²) in [6, 6.07) is 3.31. The van der Waals surface area contributed by atoms with E-state index in [-0.39, 0.29) is 69.1 Å². The standard InChI is InChI=1S/C23H33F2N3O5/c1-3-23(4-2,22(31)32-9-5-8-24)28(15-30)20-7-6-19(27-11-18(25)12-27)21(26-20)33-14-17-10-16(17)13-29/h6-7,15-18,29H,3-5,8-14H2,1-2H3/t16-,17-/m1/s1. The van der Waals surface area contributed by atoms with Gasteiger partial charge in [-0.15, -0.1) is 0 Å². The molecule has 1 aliphatic carbocycles. The van der Waals surface area contributed by atoms with E-state index in [0.29, 0.717) is 18.7 Å². The van der Waals surface area contributed by atoms with Gasteiger partial charge in [-0.3, -0.25) is 14.1 Å². The number of hydrogen-bond donors (Lipinski definition) is 1. The lowest BCUT2D eigenvalue weighted by Gasteiger charge is -2.39. The number of aliphatic hydroxyl groups is 1. The number of rotatable bonds is 14. The van der Waals surface area contributed by atoms with Crippen molar-refractivity contribution in [2.45, 2.75) is 51.2 Å². The lowest BCUT2D eigenvalue weighted by molar-refractivity contribution is -0.151. The van der Waals surface area contributed by atoms with Gasteiger partial charge in [-0.1, -0.05) is 13.8 Å². The van der Waals surface area contributed by atoms with E-state index >= 15 is 0 Å². The zero-order chi connectivity index (χ0) is 24.0. The molecule has 8 nitrogen and oxygen atoms in total. The summed E-state index contributed by atoms with van der Waals surface area (Å²) in [7, 11) is 0. The molecule has 1 aliphatic heterocycles. The number of aromatic nitrogens is 1. The fraction of sp³-hybridized carbons (Fsp3) is 0.696. The Hall–Kier alpha value is -2.49. The fourth-order valence-electron chi connectivity index (χ4n) is 4.16. The number of aliphatic hydroxyl groups excluding tert-OH is 1. The number of carbonyl (C=O) groups excluding carboxylic acids is 2. The van der Waals surface area contributed by atoms with Crippen LogP contribution in [0.15, 0.2) is 12.1 Å². The number of anilines is 2. The van der Waals surface area contributed by atoms with Gasteiger partial charge in [-0.25, -0.2) is 9.18 Å². The number of nitrogens with zero attached hydrogens (tertiary/aromatic N) is 3. The van der Waals surface area contributed by atoms with Crippen molar-refractivity contribution < 1.29 is 33.0 Å². The quantitative estimate of drug-likeness (QED) is 0.254. The molecule has 0 aromatic carbocycles. The number of ether oxygens (including phenoxy) is 2. The number of halogens is 2. The number of alkyl halides is 2. The monoisotopic (exact) mass is 469 g/mol. The lowest BCUT2D eigenvalue weighted by Crippen LogP contribution is -2.55. The molecule has 33 heavy (non-hydrogen) atoms. The highest BCUT2D eigenvalue weighted by molar-refractivity contribution is 5.92. The summed E-state index contributed by atoms with van der Waals surface area (Å²) in [4.78, 5) is 32.7. The van der Waals surface area contributed by atoms with Crippen LogP contribution >= 0.6 is 0 Å². The van der Waals surface area contributed by atoms with Crippen LogP contribution in [0.5, 0.6) is 5.88 Å². The average molecular weight is 470 g/mol. The van der Waals surface area contributed by atoms with Crippen molar-refractivity contribution in [3.05, 3.63) is 12.1 Å². The maximum atomic E-state index is 13.5. The van der Waals surface area contributed by atoms with Crippen molar-refractivity contribution >= 4 is 23.9 Å². The summed E-state index contributed by atoms with van der Waals surface area (Å²) in [5, 5.41) is 9.28. The number of carbonyl (C=O) groups is 2. The first-order valence-electron chi connectivity index (χ1n) is 11.6. The summed E-state index contributed by atoms with van der Waals surface area (Å²) < 4.78 is 37.1. The van der Waals surface area contributed by atoms with Crippen LogP contribution in [0.3, 0.4) is 0 Å². The molecule has 1 amide bonds. The Morgan fingerprint density at radius 2 is 2.06 bits per heavy atom. The van der Waals surface area contributed by atoms with Gasteiger partial charge < -0.3 is 19.5 Å². The van der Waals surface area contributed by atoms with Crippen molar-refractivity contribution in [2.24, 2.45) is 11.8 Å². The Labute approximate surface area is 192 Å². The van der Waals surface area contributed by atoms with Crippen molar-refractivity contribution in [1.82, 2.24) is 4.98 Å². The second kappa shape index (κ2) is 11.1. The molecule has 0 bridgehead atoms. The Kier molecular flexibility index (Phi) is 8.45. The first-order chi connectivity index (χ1) is 15.9. The Bertz CT molecular complexity index is 817. The molecule has 0 radical (unpaired) electrons. The highest BCUT2D eigenvalue weighted by Crippen LogP contribution is 2.40. The van der Waals surface area contributed by atoms with E-state index in [0.717, 1.165) is 6.42 Å². The third-order valence-corrected chi connectivity index (χ3v) is 6.62. The molecule has 1 aromatic heterocycles. The Morgan fingerprint density at radius 1 is 1.33 bits per heavy atom. The van der Waals surface area contributed by atoms with Crippen molar-refractivity contribution in [1.29, 1.82) is 0 Å². The van der Waals surface area contributed by atoms with Gasteiger partial charge in [0.15, 0.2) is 0 Å². The van der Waals surface area contributed by atoms with Gasteiger partial charge in [0.05, 0.1) is 33.0 Å². The van der Waals surface area contributed by atoms with Gasteiger partial charge in [0.2, 0.25) is 12.3 Å². The largest absolute Gasteiger partial charge is 0.476 e. The molecule has 0 spiro atoms. The summed E-state index contributed by atoms with van der Waals surface area (Å²) in [5.41, 5.74) is -0.688. The molecule has 184 valence electrons. The third-order valence-electron chi connectivity index (χ3n) is 6.62. The first kappa shape index (κ1) is 25.1. The van der Waals surface area contributed by atoms with E-state index < -0.39 is 24.4 Å². The van der Waals surface area contributed by atoms with E-state index in [1.807, 2.05) is 0 Å². The third kappa shape index (κ3) is 5.37. The predicted octanol–water partition coefficient (Wildman–Crippen LogP) is 2.67. The van der Waals surface area contributed by atoms with Crippen LogP contribution < -0.4 is 14.5 Å². The maximum absolute atomic E-state index is 13.5. The van der Waals surface area contributed by atoms with E-state index in [4.69, 9.17) is 9.47 Å². The summed E-state index contributed by atoms with van der Waals surface area (Å²) >= 11 is 0. The van der Waals surface area contributed by atoms with Crippen LogP contribution in [-0.2, 0) is 14.3 Å². The van der Waals surface area contributed by atoms with Gasteiger partial charge in [0.25, 0.3) is 0 Å². The molecule has 1 N–H and O–H groups in total. The zero-order valence-corrected chi connectivity index (χ0v) is 19.2. The maximum Gasteiger partial charge on any atom is 0.332 e. The molecular weight excluding hydrogens is 436 g/mol. The minimum atomic E-state index is -1.30. The number of amides is 1. The van der Waals surface area contributed by atoms with Crippen LogP contribution in [0, 0.1) is 11.8 Å². The van der Waals surface area contributed by atoms with Crippen molar-refractivity contribution in [3.8, 4) is 5.88 Å². The molecule has 2 atom stereocenters. The molecule has 2 fully saturated rings. The topological polar surface area (TPSA) is 92.2 Å². The van der Waals surface area contributed by atoms with Crippen molar-refractivity contribution in [2.75, 3.05) is 49.4 Å². The summed E-state index contributed by atoms with van der Waals surface area (Å²) in [6.45, 7) is 3.77. The van der Waals surface area contributed by atoms with Crippen LogP contribution in [0.4, 0.5) is 20.3 Å². The Morgan fingerprint density at radius 3 is 2.61 bits per heavy atom. The molecule has 2 aliphatic rings. The van der Waals surface area contributed by atoms with Crippen molar-refractivity contribution in [3.63, 3.8) is 0 Å².